The molecule has 29 heavy (non-hydrogen) atoms. The van der Waals surface area contributed by atoms with Crippen molar-refractivity contribution in [3.8, 4) is 0 Å². The molecule has 0 aromatic heterocycles. The quantitative estimate of drug-likeness (QED) is 0.324. The second-order valence-electron chi connectivity index (χ2n) is 7.96. The van der Waals surface area contributed by atoms with Gasteiger partial charge < -0.3 is 38.6 Å². The second kappa shape index (κ2) is 17.4. The van der Waals surface area contributed by atoms with Crippen molar-refractivity contribution in [3.63, 3.8) is 0 Å². The van der Waals surface area contributed by atoms with Crippen LogP contribution < -0.4 is 0 Å². The third kappa shape index (κ3) is 19.4. The van der Waals surface area contributed by atoms with Crippen molar-refractivity contribution in [2.45, 2.75) is 91.2 Å². The van der Waals surface area contributed by atoms with Gasteiger partial charge in [-0.15, -0.1) is 0 Å². The van der Waals surface area contributed by atoms with Crippen molar-refractivity contribution in [3.05, 3.63) is 0 Å². The van der Waals surface area contributed by atoms with Crippen LogP contribution in [0, 0.1) is 0 Å². The highest BCUT2D eigenvalue weighted by Crippen LogP contribution is 2.04. The molecule has 0 aromatic rings. The SMILES string of the molecule is CC(O)COCC(C)OCC(C)OCC(C)OCC(C)OCC(C)OCC(C)O. The molecular weight excluding hydrogens is 380 g/mol. The summed E-state index contributed by atoms with van der Waals surface area (Å²) in [6.45, 7) is 16.0. The van der Waals surface area contributed by atoms with Gasteiger partial charge in [-0.3, -0.25) is 0 Å². The summed E-state index contributed by atoms with van der Waals surface area (Å²) in [6.07, 6.45) is -1.24. The molecule has 0 saturated carbocycles. The number of ether oxygens (including phenoxy) is 6. The Morgan fingerprint density at radius 2 is 0.690 bits per heavy atom. The second-order valence-corrected chi connectivity index (χ2v) is 7.96. The van der Waals surface area contributed by atoms with Crippen LogP contribution in [0.3, 0.4) is 0 Å². The van der Waals surface area contributed by atoms with E-state index in [1.165, 1.54) is 0 Å². The van der Waals surface area contributed by atoms with Crippen molar-refractivity contribution in [1.29, 1.82) is 0 Å². The summed E-state index contributed by atoms with van der Waals surface area (Å²) in [5, 5.41) is 18.4. The first-order valence-electron chi connectivity index (χ1n) is 10.6. The van der Waals surface area contributed by atoms with Gasteiger partial charge in [0.05, 0.1) is 89.0 Å². The first kappa shape index (κ1) is 28.7. The maximum Gasteiger partial charge on any atom is 0.0781 e. The van der Waals surface area contributed by atoms with Crippen LogP contribution in [0.5, 0.6) is 0 Å². The molecule has 0 aliphatic carbocycles. The lowest BCUT2D eigenvalue weighted by Gasteiger charge is -2.22. The Balaban J connectivity index is 3.74. The smallest absolute Gasteiger partial charge is 0.0781 e. The molecule has 7 unspecified atom stereocenters. The molecule has 0 bridgehead atoms. The Morgan fingerprint density at radius 1 is 0.414 bits per heavy atom. The van der Waals surface area contributed by atoms with Gasteiger partial charge in [0, 0.05) is 0 Å². The van der Waals surface area contributed by atoms with Crippen molar-refractivity contribution >= 4 is 0 Å². The van der Waals surface area contributed by atoms with E-state index in [1.54, 1.807) is 13.8 Å². The molecule has 8 nitrogen and oxygen atoms in total. The van der Waals surface area contributed by atoms with Gasteiger partial charge in [0.15, 0.2) is 0 Å². The lowest BCUT2D eigenvalue weighted by Crippen LogP contribution is -2.29. The number of hydrogen-bond donors (Lipinski definition) is 2. The molecule has 0 aliphatic heterocycles. The lowest BCUT2D eigenvalue weighted by atomic mass is 10.3. The first-order valence-corrected chi connectivity index (χ1v) is 10.6. The minimum atomic E-state index is -0.474. The lowest BCUT2D eigenvalue weighted by molar-refractivity contribution is -0.103. The Kier molecular flexibility index (Phi) is 17.2. The molecular formula is C21H44O8. The van der Waals surface area contributed by atoms with E-state index < -0.39 is 12.2 Å². The summed E-state index contributed by atoms with van der Waals surface area (Å²) in [5.41, 5.74) is 0. The fraction of sp³-hybridized carbons (Fsp3) is 1.00. The highest BCUT2D eigenvalue weighted by molar-refractivity contribution is 4.58. The third-order valence-electron chi connectivity index (χ3n) is 3.80. The fourth-order valence-corrected chi connectivity index (χ4v) is 2.15. The molecule has 2 N–H and O–H groups in total. The van der Waals surface area contributed by atoms with Crippen LogP contribution >= 0.6 is 0 Å². The standard InChI is InChI=1S/C21H44O8/c1-15(22)8-24-10-17(3)26-12-19(5)28-14-21(7)29-13-20(6)27-11-18(4)25-9-16(2)23/h15-23H,8-14H2,1-7H3. The summed E-state index contributed by atoms with van der Waals surface area (Å²) in [6, 6.07) is 0. The van der Waals surface area contributed by atoms with Gasteiger partial charge in [0.25, 0.3) is 0 Å². The van der Waals surface area contributed by atoms with E-state index in [0.717, 1.165) is 0 Å². The fourth-order valence-electron chi connectivity index (χ4n) is 2.15. The first-order chi connectivity index (χ1) is 13.6. The van der Waals surface area contributed by atoms with Crippen molar-refractivity contribution in [2.75, 3.05) is 46.2 Å². The maximum atomic E-state index is 9.21. The summed E-state index contributed by atoms with van der Waals surface area (Å²) in [5.74, 6) is 0. The van der Waals surface area contributed by atoms with Gasteiger partial charge in [-0.2, -0.15) is 0 Å². The topological polar surface area (TPSA) is 95.8 Å². The molecule has 0 saturated heterocycles. The zero-order chi connectivity index (χ0) is 22.2. The summed E-state index contributed by atoms with van der Waals surface area (Å²) < 4.78 is 33.7. The van der Waals surface area contributed by atoms with Gasteiger partial charge in [-0.25, -0.2) is 0 Å². The van der Waals surface area contributed by atoms with Crippen molar-refractivity contribution in [2.24, 2.45) is 0 Å². The van der Waals surface area contributed by atoms with E-state index in [9.17, 15) is 5.11 Å². The van der Waals surface area contributed by atoms with Gasteiger partial charge >= 0.3 is 0 Å². The molecule has 0 amide bonds. The van der Waals surface area contributed by atoms with Gasteiger partial charge in [0.2, 0.25) is 0 Å². The molecule has 0 spiro atoms. The highest BCUT2D eigenvalue weighted by atomic mass is 16.6. The Labute approximate surface area is 176 Å². The summed E-state index contributed by atoms with van der Waals surface area (Å²) in [4.78, 5) is 0. The normalized spacial score (nSPS) is 19.3. The monoisotopic (exact) mass is 424 g/mol. The highest BCUT2D eigenvalue weighted by Gasteiger charge is 2.13. The van der Waals surface area contributed by atoms with Gasteiger partial charge in [0.1, 0.15) is 0 Å². The average molecular weight is 425 g/mol. The zero-order valence-corrected chi connectivity index (χ0v) is 19.3. The molecule has 7 atom stereocenters. The Bertz CT molecular complexity index is 367. The largest absolute Gasteiger partial charge is 0.391 e. The molecule has 8 heteroatoms. The van der Waals surface area contributed by atoms with Crippen LogP contribution in [-0.4, -0.2) is 99.2 Å². The number of aliphatic hydroxyl groups is 2. The molecule has 0 aromatic carbocycles. The van der Waals surface area contributed by atoms with E-state index in [2.05, 4.69) is 0 Å². The van der Waals surface area contributed by atoms with E-state index in [4.69, 9.17) is 33.5 Å². The molecule has 0 radical (unpaired) electrons. The van der Waals surface area contributed by atoms with Crippen LogP contribution in [0.25, 0.3) is 0 Å². The molecule has 0 heterocycles. The van der Waals surface area contributed by atoms with Crippen molar-refractivity contribution < 1.29 is 38.6 Å². The van der Waals surface area contributed by atoms with Crippen LogP contribution in [0.1, 0.15) is 48.5 Å². The average Bonchev–Trinajstić information content (AvgIpc) is 2.65. The van der Waals surface area contributed by atoms with E-state index in [1.807, 2.05) is 34.6 Å². The number of hydrogen-bond acceptors (Lipinski definition) is 8. The predicted molar refractivity (Wildman–Crippen MR) is 111 cm³/mol. The van der Waals surface area contributed by atoms with E-state index in [0.29, 0.717) is 46.2 Å². The molecule has 0 fully saturated rings. The minimum Gasteiger partial charge on any atom is -0.391 e. The molecule has 176 valence electrons. The van der Waals surface area contributed by atoms with Crippen LogP contribution in [0.2, 0.25) is 0 Å². The van der Waals surface area contributed by atoms with Crippen LogP contribution in [0.15, 0.2) is 0 Å². The number of rotatable bonds is 19. The summed E-state index contributed by atoms with van der Waals surface area (Å²) >= 11 is 0. The van der Waals surface area contributed by atoms with Gasteiger partial charge in [-0.05, 0) is 48.5 Å². The van der Waals surface area contributed by atoms with Gasteiger partial charge in [-0.1, -0.05) is 0 Å². The summed E-state index contributed by atoms with van der Waals surface area (Å²) in [7, 11) is 0. The molecule has 0 rings (SSSR count). The third-order valence-corrected chi connectivity index (χ3v) is 3.80. The maximum absolute atomic E-state index is 9.21. The van der Waals surface area contributed by atoms with E-state index in [-0.39, 0.29) is 30.5 Å². The van der Waals surface area contributed by atoms with Crippen LogP contribution in [0.4, 0.5) is 0 Å². The molecule has 0 aliphatic rings. The Hall–Kier alpha value is -0.320. The predicted octanol–water partition coefficient (Wildman–Crippen LogP) is 1.79. The Morgan fingerprint density at radius 3 is 1.00 bits per heavy atom. The number of aliphatic hydroxyl groups excluding tert-OH is 2. The van der Waals surface area contributed by atoms with E-state index >= 15 is 0 Å². The zero-order valence-electron chi connectivity index (χ0n) is 19.3. The minimum absolute atomic E-state index is 0.0548. The van der Waals surface area contributed by atoms with Crippen molar-refractivity contribution in [1.82, 2.24) is 0 Å². The van der Waals surface area contributed by atoms with Crippen LogP contribution in [-0.2, 0) is 28.4 Å².